The van der Waals surface area contributed by atoms with E-state index in [1.807, 2.05) is 0 Å². The summed E-state index contributed by atoms with van der Waals surface area (Å²) < 4.78 is 26.7. The molecule has 1 unspecified atom stereocenters. The van der Waals surface area contributed by atoms with Gasteiger partial charge in [-0.1, -0.05) is 0 Å². The van der Waals surface area contributed by atoms with Gasteiger partial charge in [-0.2, -0.15) is 20.2 Å². The smallest absolute Gasteiger partial charge is 0.266 e. The molecular weight excluding hydrogens is 184 g/mol. The molecule has 3 nitrogen and oxygen atoms in total. The first kappa shape index (κ1) is 9.35. The van der Waals surface area contributed by atoms with Crippen LogP contribution in [-0.4, -0.2) is 31.8 Å². The van der Waals surface area contributed by atoms with Gasteiger partial charge in [-0.15, -0.1) is 0 Å². The summed E-state index contributed by atoms with van der Waals surface area (Å²) in [7, 11) is -3.22. The maximum atomic E-state index is 10.9. The van der Waals surface area contributed by atoms with E-state index in [1.54, 1.807) is 18.7 Å². The van der Waals surface area contributed by atoms with Crippen LogP contribution in [0.2, 0.25) is 0 Å². The zero-order valence-corrected chi connectivity index (χ0v) is 8.08. The first-order valence-corrected chi connectivity index (χ1v) is 6.36. The Hall–Kier alpha value is 0.260. The minimum absolute atomic E-state index is 0.0649. The molecule has 0 saturated carbocycles. The van der Waals surface area contributed by atoms with Gasteiger partial charge in [-0.25, -0.2) is 0 Å². The van der Waals surface area contributed by atoms with Gasteiger partial charge in [-0.05, 0) is 19.1 Å². The van der Waals surface area contributed by atoms with Gasteiger partial charge in [0.1, 0.15) is 0 Å². The molecule has 0 radical (unpaired) electrons. The standard InChI is InChI=1S/C6H12O3S2/c1-2-11(7,8)9-6-3-4-10-5-6/h6H,2-5H2,1H3. The number of rotatable bonds is 3. The lowest BCUT2D eigenvalue weighted by molar-refractivity contribution is 0.237. The van der Waals surface area contributed by atoms with Crippen LogP contribution in [-0.2, 0) is 14.3 Å². The average molecular weight is 196 g/mol. The highest BCUT2D eigenvalue weighted by molar-refractivity contribution is 7.99. The Morgan fingerprint density at radius 3 is 2.82 bits per heavy atom. The van der Waals surface area contributed by atoms with Gasteiger partial charge in [0, 0.05) is 5.75 Å². The third kappa shape index (κ3) is 3.01. The van der Waals surface area contributed by atoms with Crippen molar-refractivity contribution in [3.63, 3.8) is 0 Å². The maximum absolute atomic E-state index is 10.9. The number of hydrogen-bond donors (Lipinski definition) is 0. The summed E-state index contributed by atoms with van der Waals surface area (Å²) in [5.41, 5.74) is 0. The van der Waals surface area contributed by atoms with Crippen molar-refractivity contribution in [1.29, 1.82) is 0 Å². The summed E-state index contributed by atoms with van der Waals surface area (Å²) in [6, 6.07) is 0. The minimum atomic E-state index is -3.22. The monoisotopic (exact) mass is 196 g/mol. The van der Waals surface area contributed by atoms with Crippen molar-refractivity contribution in [2.45, 2.75) is 19.4 Å². The lowest BCUT2D eigenvalue weighted by Crippen LogP contribution is -2.18. The Bertz CT molecular complexity index is 204. The number of hydrogen-bond acceptors (Lipinski definition) is 4. The van der Waals surface area contributed by atoms with E-state index in [1.165, 1.54) is 0 Å². The Morgan fingerprint density at radius 2 is 2.36 bits per heavy atom. The summed E-state index contributed by atoms with van der Waals surface area (Å²) >= 11 is 1.74. The van der Waals surface area contributed by atoms with Crippen LogP contribution in [0.4, 0.5) is 0 Å². The van der Waals surface area contributed by atoms with Crippen molar-refractivity contribution in [2.24, 2.45) is 0 Å². The Kier molecular flexibility index (Phi) is 3.21. The van der Waals surface area contributed by atoms with Crippen LogP contribution in [0.25, 0.3) is 0 Å². The lowest BCUT2D eigenvalue weighted by atomic mass is 10.3. The van der Waals surface area contributed by atoms with E-state index in [0.717, 1.165) is 17.9 Å². The zero-order valence-electron chi connectivity index (χ0n) is 6.45. The molecule has 0 aromatic carbocycles. The normalized spacial score (nSPS) is 25.7. The molecule has 0 aromatic heterocycles. The molecule has 11 heavy (non-hydrogen) atoms. The van der Waals surface area contributed by atoms with Gasteiger partial charge in [0.05, 0.1) is 11.9 Å². The summed E-state index contributed by atoms with van der Waals surface area (Å²) in [6.45, 7) is 1.59. The van der Waals surface area contributed by atoms with Crippen molar-refractivity contribution >= 4 is 21.9 Å². The fourth-order valence-corrected chi connectivity index (χ4v) is 2.76. The summed E-state index contributed by atoms with van der Waals surface area (Å²) in [6.07, 6.45) is 0.800. The highest BCUT2D eigenvalue weighted by Crippen LogP contribution is 2.21. The fourth-order valence-electron chi connectivity index (χ4n) is 0.864. The van der Waals surface area contributed by atoms with Crippen molar-refractivity contribution in [2.75, 3.05) is 17.3 Å². The molecule has 1 atom stereocenters. The third-order valence-corrected chi connectivity index (χ3v) is 3.93. The van der Waals surface area contributed by atoms with E-state index in [2.05, 4.69) is 0 Å². The zero-order chi connectivity index (χ0) is 8.32. The van der Waals surface area contributed by atoms with Crippen molar-refractivity contribution in [1.82, 2.24) is 0 Å². The molecule has 0 N–H and O–H groups in total. The average Bonchev–Trinajstić information content (AvgIpc) is 2.39. The molecule has 0 bridgehead atoms. The van der Waals surface area contributed by atoms with Crippen molar-refractivity contribution in [3.8, 4) is 0 Å². The first-order chi connectivity index (χ1) is 5.14. The van der Waals surface area contributed by atoms with Crippen LogP contribution in [0.15, 0.2) is 0 Å². The lowest BCUT2D eigenvalue weighted by Gasteiger charge is -2.08. The Balaban J connectivity index is 2.41. The Labute approximate surface area is 71.6 Å². The molecule has 0 aromatic rings. The van der Waals surface area contributed by atoms with E-state index in [-0.39, 0.29) is 11.9 Å². The van der Waals surface area contributed by atoms with E-state index in [9.17, 15) is 8.42 Å². The van der Waals surface area contributed by atoms with Gasteiger partial charge < -0.3 is 0 Å². The molecule has 1 aliphatic rings. The second-order valence-electron chi connectivity index (χ2n) is 2.43. The third-order valence-electron chi connectivity index (χ3n) is 1.52. The van der Waals surface area contributed by atoms with Crippen LogP contribution in [0, 0.1) is 0 Å². The van der Waals surface area contributed by atoms with Crippen LogP contribution >= 0.6 is 11.8 Å². The van der Waals surface area contributed by atoms with Crippen LogP contribution < -0.4 is 0 Å². The van der Waals surface area contributed by atoms with E-state index in [4.69, 9.17) is 4.18 Å². The van der Waals surface area contributed by atoms with Gasteiger partial charge in [0.2, 0.25) is 0 Å². The second kappa shape index (κ2) is 3.78. The number of thioether (sulfide) groups is 1. The highest BCUT2D eigenvalue weighted by Gasteiger charge is 2.21. The fraction of sp³-hybridized carbons (Fsp3) is 1.00. The molecule has 66 valence electrons. The first-order valence-electron chi connectivity index (χ1n) is 3.63. The van der Waals surface area contributed by atoms with Gasteiger partial charge in [-0.3, -0.25) is 4.18 Å². The molecule has 5 heteroatoms. The van der Waals surface area contributed by atoms with Crippen LogP contribution in [0.1, 0.15) is 13.3 Å². The maximum Gasteiger partial charge on any atom is 0.267 e. The summed E-state index contributed by atoms with van der Waals surface area (Å²) in [5, 5.41) is 0. The molecule has 1 fully saturated rings. The van der Waals surface area contributed by atoms with E-state index >= 15 is 0 Å². The molecule has 1 heterocycles. The second-order valence-corrected chi connectivity index (χ2v) is 5.46. The predicted octanol–water partition coefficient (Wildman–Crippen LogP) is 0.858. The highest BCUT2D eigenvalue weighted by atomic mass is 32.2. The largest absolute Gasteiger partial charge is 0.267 e. The van der Waals surface area contributed by atoms with E-state index in [0.29, 0.717) is 0 Å². The predicted molar refractivity (Wildman–Crippen MR) is 46.3 cm³/mol. The molecule has 1 aliphatic heterocycles. The summed E-state index contributed by atoms with van der Waals surface area (Å²) in [4.78, 5) is 0. The van der Waals surface area contributed by atoms with Gasteiger partial charge in [0.25, 0.3) is 10.1 Å². The van der Waals surface area contributed by atoms with Gasteiger partial charge in [0.15, 0.2) is 0 Å². The topological polar surface area (TPSA) is 43.4 Å². The molecular formula is C6H12O3S2. The van der Waals surface area contributed by atoms with E-state index < -0.39 is 10.1 Å². The van der Waals surface area contributed by atoms with Crippen LogP contribution in [0.3, 0.4) is 0 Å². The van der Waals surface area contributed by atoms with Crippen molar-refractivity contribution < 1.29 is 12.6 Å². The SMILES string of the molecule is CCS(=O)(=O)OC1CCSC1. The summed E-state index contributed by atoms with van der Waals surface area (Å²) in [5.74, 6) is 1.91. The Morgan fingerprint density at radius 1 is 1.64 bits per heavy atom. The van der Waals surface area contributed by atoms with Crippen molar-refractivity contribution in [3.05, 3.63) is 0 Å². The molecule has 1 saturated heterocycles. The quantitative estimate of drug-likeness (QED) is 0.628. The molecule has 0 aliphatic carbocycles. The minimum Gasteiger partial charge on any atom is -0.266 e. The van der Waals surface area contributed by atoms with Crippen LogP contribution in [0.5, 0.6) is 0 Å². The molecule has 1 rings (SSSR count). The van der Waals surface area contributed by atoms with Gasteiger partial charge >= 0.3 is 0 Å². The molecule has 0 amide bonds. The molecule has 0 spiro atoms.